The number of imidazole rings is 1. The molecule has 0 aliphatic carbocycles. The number of fused-ring (bicyclic) bond motifs is 1. The second-order valence-electron chi connectivity index (χ2n) is 6.52. The Hall–Kier alpha value is -1.30. The fraction of sp³-hybridized carbons (Fsp3) is 0.529. The van der Waals surface area contributed by atoms with Crippen molar-refractivity contribution >= 4 is 41.8 Å². The molecule has 2 heterocycles. The average Bonchev–Trinajstić information content (AvgIpc) is 3.15. The molecule has 1 aromatic carbocycles. The minimum Gasteiger partial charge on any atom is -0.346 e. The second kappa shape index (κ2) is 9.25. The number of carbonyl (C=O) groups excluding carboxylic acids is 1. The molecule has 2 atom stereocenters. The van der Waals surface area contributed by atoms with Gasteiger partial charge in [0.25, 0.3) is 0 Å². The summed E-state index contributed by atoms with van der Waals surface area (Å²) in [6.45, 7) is 6.04. The summed E-state index contributed by atoms with van der Waals surface area (Å²) in [5.41, 5.74) is 1.96. The van der Waals surface area contributed by atoms with Crippen molar-refractivity contribution < 1.29 is 4.79 Å². The van der Waals surface area contributed by atoms with E-state index in [1.54, 1.807) is 0 Å². The molecule has 0 spiro atoms. The maximum atomic E-state index is 12.4. The van der Waals surface area contributed by atoms with Gasteiger partial charge in [-0.05, 0) is 37.4 Å². The van der Waals surface area contributed by atoms with Gasteiger partial charge in [0, 0.05) is 6.54 Å². The molecule has 0 radical (unpaired) electrons. The predicted octanol–water partition coefficient (Wildman–Crippen LogP) is 3.22. The van der Waals surface area contributed by atoms with Crippen molar-refractivity contribution in [1.82, 2.24) is 20.6 Å². The molecule has 1 aliphatic rings. The van der Waals surface area contributed by atoms with Gasteiger partial charge in [-0.25, -0.2) is 4.98 Å². The third-order valence-electron chi connectivity index (χ3n) is 4.19. The Labute approximate surface area is 155 Å². The summed E-state index contributed by atoms with van der Waals surface area (Å²) in [6.07, 6.45) is 1.80. The van der Waals surface area contributed by atoms with E-state index in [9.17, 15) is 4.79 Å². The zero-order valence-corrected chi connectivity index (χ0v) is 15.7. The third kappa shape index (κ3) is 4.85. The highest BCUT2D eigenvalue weighted by Gasteiger charge is 2.26. The van der Waals surface area contributed by atoms with Gasteiger partial charge in [0.05, 0.1) is 23.0 Å². The number of carbonyl (C=O) groups is 1. The molecule has 2 unspecified atom stereocenters. The molecule has 24 heavy (non-hydrogen) atoms. The highest BCUT2D eigenvalue weighted by atomic mass is 35.5. The lowest BCUT2D eigenvalue weighted by Crippen LogP contribution is -2.36. The predicted molar refractivity (Wildman–Crippen MR) is 102 cm³/mol. The van der Waals surface area contributed by atoms with Crippen LogP contribution in [0.25, 0.3) is 11.0 Å². The Morgan fingerprint density at radius 3 is 2.71 bits per heavy atom. The monoisotopic (exact) mass is 372 g/mol. The topological polar surface area (TPSA) is 69.8 Å². The molecule has 5 nitrogen and oxygen atoms in total. The quantitative estimate of drug-likeness (QED) is 0.754. The summed E-state index contributed by atoms with van der Waals surface area (Å²) in [5, 5.41) is 6.44. The first-order chi connectivity index (χ1) is 10.6. The number of hydrogen-bond acceptors (Lipinski definition) is 3. The Bertz CT molecular complexity index is 620. The number of nitrogens with one attached hydrogen (secondary N) is 3. The summed E-state index contributed by atoms with van der Waals surface area (Å²) < 4.78 is 0. The molecule has 1 fully saturated rings. The summed E-state index contributed by atoms with van der Waals surface area (Å²) in [7, 11) is 0. The molecule has 0 saturated carbocycles. The van der Waals surface area contributed by atoms with Gasteiger partial charge >= 0.3 is 0 Å². The fourth-order valence-corrected chi connectivity index (χ4v) is 3.02. The van der Waals surface area contributed by atoms with Crippen molar-refractivity contribution in [2.45, 2.75) is 32.7 Å². The molecule has 1 aliphatic heterocycles. The van der Waals surface area contributed by atoms with Crippen molar-refractivity contribution in [2.24, 2.45) is 11.8 Å². The molecule has 3 N–H and O–H groups in total. The first-order valence-corrected chi connectivity index (χ1v) is 8.09. The van der Waals surface area contributed by atoms with Crippen LogP contribution in [0, 0.1) is 11.8 Å². The standard InChI is InChI=1S/C17H24N4O.2ClH/c1-11(2)9-15(21-17(22)12-7-8-18-10-12)16-19-13-5-3-4-6-14(13)20-16;;/h3-6,11-12,15,18H,7-10H2,1-2H3,(H,19,20)(H,21,22);2*1H. The van der Waals surface area contributed by atoms with Crippen LogP contribution in [-0.2, 0) is 4.79 Å². The van der Waals surface area contributed by atoms with Gasteiger partial charge in [-0.15, -0.1) is 24.8 Å². The van der Waals surface area contributed by atoms with Gasteiger partial charge in [0.1, 0.15) is 5.82 Å². The van der Waals surface area contributed by atoms with E-state index in [0.717, 1.165) is 42.8 Å². The van der Waals surface area contributed by atoms with Gasteiger partial charge in [0.2, 0.25) is 5.91 Å². The third-order valence-corrected chi connectivity index (χ3v) is 4.19. The minimum atomic E-state index is -0.0551. The summed E-state index contributed by atoms with van der Waals surface area (Å²) in [4.78, 5) is 20.4. The van der Waals surface area contributed by atoms with Crippen LogP contribution in [-0.4, -0.2) is 29.0 Å². The van der Waals surface area contributed by atoms with Gasteiger partial charge in [-0.1, -0.05) is 26.0 Å². The number of aromatic nitrogens is 2. The lowest BCUT2D eigenvalue weighted by Gasteiger charge is -2.20. The molecule has 134 valence electrons. The van der Waals surface area contributed by atoms with E-state index in [-0.39, 0.29) is 42.7 Å². The first-order valence-electron chi connectivity index (χ1n) is 8.09. The van der Waals surface area contributed by atoms with Crippen molar-refractivity contribution in [3.63, 3.8) is 0 Å². The van der Waals surface area contributed by atoms with Crippen molar-refractivity contribution in [2.75, 3.05) is 13.1 Å². The molecule has 2 aromatic rings. The largest absolute Gasteiger partial charge is 0.346 e. The highest BCUT2D eigenvalue weighted by Crippen LogP contribution is 2.23. The average molecular weight is 373 g/mol. The number of halogens is 2. The van der Waals surface area contributed by atoms with Crippen LogP contribution >= 0.6 is 24.8 Å². The second-order valence-corrected chi connectivity index (χ2v) is 6.52. The number of H-pyrrole nitrogens is 1. The van der Waals surface area contributed by atoms with Crippen molar-refractivity contribution in [3.05, 3.63) is 30.1 Å². The number of amides is 1. The van der Waals surface area contributed by atoms with Crippen LogP contribution in [0.4, 0.5) is 0 Å². The van der Waals surface area contributed by atoms with Crippen LogP contribution in [0.2, 0.25) is 0 Å². The number of benzene rings is 1. The zero-order chi connectivity index (χ0) is 15.5. The maximum Gasteiger partial charge on any atom is 0.225 e. The van der Waals surface area contributed by atoms with Crippen LogP contribution in [0.3, 0.4) is 0 Å². The Morgan fingerprint density at radius 2 is 2.08 bits per heavy atom. The van der Waals surface area contributed by atoms with E-state index < -0.39 is 0 Å². The smallest absolute Gasteiger partial charge is 0.225 e. The van der Waals surface area contributed by atoms with Crippen LogP contribution < -0.4 is 10.6 Å². The first kappa shape index (κ1) is 20.7. The molecule has 1 aromatic heterocycles. The Kier molecular flexibility index (Phi) is 8.00. The van der Waals surface area contributed by atoms with E-state index in [0.29, 0.717) is 5.92 Å². The van der Waals surface area contributed by atoms with E-state index in [2.05, 4.69) is 34.4 Å². The van der Waals surface area contributed by atoms with Gasteiger partial charge in [0.15, 0.2) is 0 Å². The molecular weight excluding hydrogens is 347 g/mol. The summed E-state index contributed by atoms with van der Waals surface area (Å²) >= 11 is 0. The van der Waals surface area contributed by atoms with E-state index in [4.69, 9.17) is 0 Å². The van der Waals surface area contributed by atoms with E-state index in [1.807, 2.05) is 24.3 Å². The van der Waals surface area contributed by atoms with Crippen molar-refractivity contribution in [1.29, 1.82) is 0 Å². The summed E-state index contributed by atoms with van der Waals surface area (Å²) in [5.74, 6) is 1.56. The number of rotatable bonds is 5. The number of nitrogens with zero attached hydrogens (tertiary/aromatic N) is 1. The SMILES string of the molecule is CC(C)CC(NC(=O)C1CCNC1)c1nc2ccccc2[nH]1.Cl.Cl. The number of aromatic amines is 1. The van der Waals surface area contributed by atoms with Gasteiger partial charge in [-0.3, -0.25) is 4.79 Å². The van der Waals surface area contributed by atoms with Crippen LogP contribution in [0.5, 0.6) is 0 Å². The normalized spacial score (nSPS) is 18.0. The van der Waals surface area contributed by atoms with Crippen molar-refractivity contribution in [3.8, 4) is 0 Å². The van der Waals surface area contributed by atoms with Crippen LogP contribution in [0.15, 0.2) is 24.3 Å². The molecular formula is C17H26Cl2N4O. The number of para-hydroxylation sites is 2. The lowest BCUT2D eigenvalue weighted by molar-refractivity contribution is -0.125. The molecule has 1 amide bonds. The maximum absolute atomic E-state index is 12.4. The highest BCUT2D eigenvalue weighted by molar-refractivity contribution is 5.85. The lowest BCUT2D eigenvalue weighted by atomic mass is 10.0. The molecule has 7 heteroatoms. The molecule has 3 rings (SSSR count). The van der Waals surface area contributed by atoms with Gasteiger partial charge < -0.3 is 15.6 Å². The number of hydrogen-bond donors (Lipinski definition) is 3. The molecule has 1 saturated heterocycles. The Morgan fingerprint density at radius 1 is 1.33 bits per heavy atom. The Balaban J connectivity index is 0.00000144. The molecule has 0 bridgehead atoms. The van der Waals surface area contributed by atoms with Crippen LogP contribution in [0.1, 0.15) is 38.6 Å². The van der Waals surface area contributed by atoms with Gasteiger partial charge in [-0.2, -0.15) is 0 Å². The van der Waals surface area contributed by atoms with E-state index >= 15 is 0 Å². The fourth-order valence-electron chi connectivity index (χ4n) is 3.02. The zero-order valence-electron chi connectivity index (χ0n) is 14.0. The van der Waals surface area contributed by atoms with E-state index in [1.165, 1.54) is 0 Å². The minimum absolute atomic E-state index is 0. The summed E-state index contributed by atoms with van der Waals surface area (Å²) in [6, 6.07) is 7.92.